The third-order valence-corrected chi connectivity index (χ3v) is 5.60. The monoisotopic (exact) mass is 377 g/mol. The number of alkyl halides is 3. The van der Waals surface area contributed by atoms with Crippen LogP contribution in [0.25, 0.3) is 0 Å². The SMILES string of the molecule is Cc1nc(S(=O)(=O)NCC2CCc3nc(C(F)(F)F)cn3C2)cn1C. The Bertz CT molecular complexity index is 865. The average Bonchev–Trinajstić information content (AvgIpc) is 3.09. The van der Waals surface area contributed by atoms with Gasteiger partial charge in [-0.15, -0.1) is 0 Å². The lowest BCUT2D eigenvalue weighted by atomic mass is 10.00. The van der Waals surface area contributed by atoms with Crippen LogP contribution in [-0.4, -0.2) is 34.1 Å². The molecule has 1 N–H and O–H groups in total. The second-order valence-corrected chi connectivity index (χ2v) is 7.90. The summed E-state index contributed by atoms with van der Waals surface area (Å²) >= 11 is 0. The summed E-state index contributed by atoms with van der Waals surface area (Å²) in [7, 11) is -2.05. The molecule has 138 valence electrons. The highest BCUT2D eigenvalue weighted by atomic mass is 32.2. The molecule has 2 aromatic heterocycles. The van der Waals surface area contributed by atoms with Crippen LogP contribution >= 0.6 is 0 Å². The fourth-order valence-corrected chi connectivity index (χ4v) is 3.93. The summed E-state index contributed by atoms with van der Waals surface area (Å²) in [5.74, 6) is 0.843. The number of nitrogens with zero attached hydrogens (tertiary/aromatic N) is 4. The third kappa shape index (κ3) is 3.71. The maximum absolute atomic E-state index is 12.7. The topological polar surface area (TPSA) is 81.8 Å². The highest BCUT2D eigenvalue weighted by Gasteiger charge is 2.36. The summed E-state index contributed by atoms with van der Waals surface area (Å²) < 4.78 is 68.2. The van der Waals surface area contributed by atoms with Crippen LogP contribution in [0.2, 0.25) is 0 Å². The maximum Gasteiger partial charge on any atom is 0.434 e. The van der Waals surface area contributed by atoms with Gasteiger partial charge in [0.25, 0.3) is 10.0 Å². The van der Waals surface area contributed by atoms with E-state index in [2.05, 4.69) is 14.7 Å². The summed E-state index contributed by atoms with van der Waals surface area (Å²) in [4.78, 5) is 7.60. The molecule has 7 nitrogen and oxygen atoms in total. The van der Waals surface area contributed by atoms with Gasteiger partial charge in [0.05, 0.1) is 0 Å². The lowest BCUT2D eigenvalue weighted by Crippen LogP contribution is -2.33. The first-order chi connectivity index (χ1) is 11.6. The number of hydrogen-bond donors (Lipinski definition) is 1. The Morgan fingerprint density at radius 1 is 1.32 bits per heavy atom. The van der Waals surface area contributed by atoms with Gasteiger partial charge in [0.2, 0.25) is 0 Å². The number of aryl methyl sites for hydroxylation is 3. The molecule has 0 saturated carbocycles. The molecule has 0 spiro atoms. The van der Waals surface area contributed by atoms with Gasteiger partial charge in [0, 0.05) is 39.0 Å². The van der Waals surface area contributed by atoms with Crippen molar-refractivity contribution >= 4 is 10.0 Å². The van der Waals surface area contributed by atoms with E-state index in [1.165, 1.54) is 10.8 Å². The Morgan fingerprint density at radius 2 is 2.04 bits per heavy atom. The minimum absolute atomic E-state index is 0.0639. The molecular weight excluding hydrogens is 359 g/mol. The zero-order chi connectivity index (χ0) is 18.4. The Hall–Kier alpha value is -1.88. The molecule has 3 rings (SSSR count). The molecule has 0 saturated heterocycles. The molecule has 1 atom stereocenters. The first-order valence-corrected chi connectivity index (χ1v) is 9.17. The fourth-order valence-electron chi connectivity index (χ4n) is 2.77. The van der Waals surface area contributed by atoms with Crippen LogP contribution in [0.3, 0.4) is 0 Å². The van der Waals surface area contributed by atoms with Gasteiger partial charge >= 0.3 is 6.18 Å². The van der Waals surface area contributed by atoms with E-state index in [4.69, 9.17) is 0 Å². The second kappa shape index (κ2) is 6.13. The minimum Gasteiger partial charge on any atom is -0.337 e. The predicted octanol–water partition coefficient (Wildman–Crippen LogP) is 1.48. The predicted molar refractivity (Wildman–Crippen MR) is 82.2 cm³/mol. The van der Waals surface area contributed by atoms with Gasteiger partial charge in [0.1, 0.15) is 11.6 Å². The summed E-state index contributed by atoms with van der Waals surface area (Å²) in [5.41, 5.74) is -0.910. The van der Waals surface area contributed by atoms with Crippen molar-refractivity contribution in [1.29, 1.82) is 0 Å². The Labute approximate surface area is 142 Å². The van der Waals surface area contributed by atoms with E-state index in [1.54, 1.807) is 18.5 Å². The second-order valence-electron chi connectivity index (χ2n) is 6.19. The zero-order valence-electron chi connectivity index (χ0n) is 13.7. The van der Waals surface area contributed by atoms with Crippen LogP contribution in [0.4, 0.5) is 13.2 Å². The van der Waals surface area contributed by atoms with Gasteiger partial charge in [-0.25, -0.2) is 23.1 Å². The lowest BCUT2D eigenvalue weighted by molar-refractivity contribution is -0.141. The molecule has 0 bridgehead atoms. The fraction of sp³-hybridized carbons (Fsp3) is 0.571. The normalized spacial score (nSPS) is 18.4. The van der Waals surface area contributed by atoms with Gasteiger partial charge in [-0.1, -0.05) is 0 Å². The van der Waals surface area contributed by atoms with Gasteiger partial charge in [-0.2, -0.15) is 13.2 Å². The molecule has 0 fully saturated rings. The van der Waals surface area contributed by atoms with Crippen LogP contribution in [0, 0.1) is 12.8 Å². The number of nitrogens with one attached hydrogen (secondary N) is 1. The summed E-state index contributed by atoms with van der Waals surface area (Å²) in [5, 5.41) is -0.0639. The number of imidazole rings is 2. The van der Waals surface area contributed by atoms with E-state index in [0.29, 0.717) is 31.0 Å². The zero-order valence-corrected chi connectivity index (χ0v) is 14.5. The first-order valence-electron chi connectivity index (χ1n) is 7.69. The molecule has 3 heterocycles. The van der Waals surface area contributed by atoms with Crippen LogP contribution in [0.1, 0.15) is 23.8 Å². The van der Waals surface area contributed by atoms with Crippen molar-refractivity contribution in [3.05, 3.63) is 29.7 Å². The molecule has 0 aliphatic carbocycles. The largest absolute Gasteiger partial charge is 0.434 e. The number of fused-ring (bicyclic) bond motifs is 1. The highest BCUT2D eigenvalue weighted by Crippen LogP contribution is 2.30. The van der Waals surface area contributed by atoms with Crippen LogP contribution in [0.15, 0.2) is 17.4 Å². The van der Waals surface area contributed by atoms with Crippen molar-refractivity contribution in [3.8, 4) is 0 Å². The average molecular weight is 377 g/mol. The molecule has 0 radical (unpaired) electrons. The third-order valence-electron chi connectivity index (χ3n) is 4.30. The minimum atomic E-state index is -4.47. The van der Waals surface area contributed by atoms with E-state index in [-0.39, 0.29) is 17.5 Å². The van der Waals surface area contributed by atoms with Crippen LogP contribution < -0.4 is 4.72 Å². The van der Waals surface area contributed by atoms with Crippen molar-refractivity contribution in [3.63, 3.8) is 0 Å². The van der Waals surface area contributed by atoms with Crippen molar-refractivity contribution in [2.75, 3.05) is 6.54 Å². The van der Waals surface area contributed by atoms with E-state index in [1.807, 2.05) is 0 Å². The molecule has 0 aromatic carbocycles. The van der Waals surface area contributed by atoms with Gasteiger partial charge in [0.15, 0.2) is 10.7 Å². The number of rotatable bonds is 4. The quantitative estimate of drug-likeness (QED) is 0.875. The van der Waals surface area contributed by atoms with Gasteiger partial charge in [-0.05, 0) is 19.3 Å². The standard InChI is InChI=1S/C14H18F3N5O2S/c1-9-19-13(8-21(9)2)25(23,24)18-5-10-3-4-12-20-11(14(15,16)17)7-22(12)6-10/h7-8,10,18H,3-6H2,1-2H3. The molecule has 2 aromatic rings. The molecule has 1 unspecified atom stereocenters. The molecular formula is C14H18F3N5O2S. The van der Waals surface area contributed by atoms with Crippen molar-refractivity contribution in [2.24, 2.45) is 13.0 Å². The lowest BCUT2D eigenvalue weighted by Gasteiger charge is -2.23. The van der Waals surface area contributed by atoms with Crippen LogP contribution in [0.5, 0.6) is 0 Å². The smallest absolute Gasteiger partial charge is 0.337 e. The van der Waals surface area contributed by atoms with Crippen molar-refractivity contribution in [2.45, 2.75) is 37.5 Å². The molecule has 0 amide bonds. The number of sulfonamides is 1. The highest BCUT2D eigenvalue weighted by molar-refractivity contribution is 7.89. The van der Waals surface area contributed by atoms with E-state index >= 15 is 0 Å². The molecule has 1 aliphatic rings. The van der Waals surface area contributed by atoms with Crippen molar-refractivity contribution < 1.29 is 21.6 Å². The number of hydrogen-bond acceptors (Lipinski definition) is 4. The van der Waals surface area contributed by atoms with Crippen molar-refractivity contribution in [1.82, 2.24) is 23.8 Å². The summed E-state index contributed by atoms with van der Waals surface area (Å²) in [6, 6.07) is 0. The Kier molecular flexibility index (Phi) is 4.40. The Morgan fingerprint density at radius 3 is 2.64 bits per heavy atom. The van der Waals surface area contributed by atoms with Gasteiger partial charge < -0.3 is 9.13 Å². The van der Waals surface area contributed by atoms with Crippen LogP contribution in [-0.2, 0) is 36.2 Å². The molecule has 25 heavy (non-hydrogen) atoms. The maximum atomic E-state index is 12.7. The van der Waals surface area contributed by atoms with E-state index in [9.17, 15) is 21.6 Å². The molecule has 1 aliphatic heterocycles. The first kappa shape index (κ1) is 17.9. The van der Waals surface area contributed by atoms with E-state index in [0.717, 1.165) is 6.20 Å². The summed E-state index contributed by atoms with van der Waals surface area (Å²) in [6.45, 7) is 2.12. The number of halogens is 3. The molecule has 11 heteroatoms. The summed E-state index contributed by atoms with van der Waals surface area (Å²) in [6.07, 6.45) is -1.12. The van der Waals surface area contributed by atoms with E-state index < -0.39 is 21.9 Å². The van der Waals surface area contributed by atoms with Gasteiger partial charge in [-0.3, -0.25) is 0 Å². The number of aromatic nitrogens is 4. The Balaban J connectivity index is 1.66.